The molecule has 284 valence electrons. The highest BCUT2D eigenvalue weighted by atomic mass is 16.6. The number of nitrogens with one attached hydrogen (secondary N) is 2. The lowest BCUT2D eigenvalue weighted by Gasteiger charge is -2.14. The van der Waals surface area contributed by atoms with Gasteiger partial charge in [-0.15, -0.1) is 0 Å². The fourth-order valence-corrected chi connectivity index (χ4v) is 5.15. The van der Waals surface area contributed by atoms with Gasteiger partial charge in [-0.3, -0.25) is 9.59 Å². The number of benzene rings is 2. The average molecular weight is 719 g/mol. The van der Waals surface area contributed by atoms with Crippen molar-refractivity contribution in [2.24, 2.45) is 0 Å². The van der Waals surface area contributed by atoms with Crippen molar-refractivity contribution in [2.45, 2.75) is 31.6 Å². The van der Waals surface area contributed by atoms with Crippen LogP contribution in [0.15, 0.2) is 48.5 Å². The number of carboxylic acids is 1. The lowest BCUT2D eigenvalue weighted by atomic mass is 9.98. The summed E-state index contributed by atoms with van der Waals surface area (Å²) in [7, 11) is 0. The fraction of sp³-hybridized carbons (Fsp3) is 0.595. The van der Waals surface area contributed by atoms with Crippen LogP contribution in [0.2, 0.25) is 0 Å². The summed E-state index contributed by atoms with van der Waals surface area (Å²) in [5, 5.41) is 14.0. The Morgan fingerprint density at radius 2 is 0.922 bits per heavy atom. The molecule has 3 rings (SSSR count). The van der Waals surface area contributed by atoms with Crippen molar-refractivity contribution in [3.8, 4) is 11.1 Å². The summed E-state index contributed by atoms with van der Waals surface area (Å²) in [6.07, 6.45) is 0.719. The Hall–Kier alpha value is -3.63. The summed E-state index contributed by atoms with van der Waals surface area (Å²) in [6.45, 7) is 7.76. The van der Waals surface area contributed by atoms with Crippen LogP contribution in [0.4, 0.5) is 4.79 Å². The second kappa shape index (κ2) is 27.1. The van der Waals surface area contributed by atoms with Crippen LogP contribution in [0, 0.1) is 0 Å². The molecule has 0 spiro atoms. The van der Waals surface area contributed by atoms with E-state index in [1.54, 1.807) is 0 Å². The van der Waals surface area contributed by atoms with E-state index < -0.39 is 12.1 Å². The molecule has 0 saturated heterocycles. The molecule has 14 nitrogen and oxygen atoms in total. The molecule has 0 heterocycles. The second-order valence-corrected chi connectivity index (χ2v) is 11.5. The minimum absolute atomic E-state index is 0.0134. The number of carbonyl (C=O) groups excluding carboxylic acids is 2. The highest BCUT2D eigenvalue weighted by Gasteiger charge is 2.28. The lowest BCUT2D eigenvalue weighted by molar-refractivity contribution is -0.138. The van der Waals surface area contributed by atoms with Crippen LogP contribution in [-0.4, -0.2) is 135 Å². The normalized spacial score (nSPS) is 12.0. The molecule has 2 amide bonds. The van der Waals surface area contributed by atoms with Gasteiger partial charge in [-0.05, 0) is 35.1 Å². The number of hydrogen-bond donors (Lipinski definition) is 3. The predicted octanol–water partition coefficient (Wildman–Crippen LogP) is 3.40. The first-order chi connectivity index (χ1) is 25.1. The maximum Gasteiger partial charge on any atom is 0.407 e. The molecule has 2 aromatic rings. The van der Waals surface area contributed by atoms with Crippen LogP contribution in [0.3, 0.4) is 0 Å². The Morgan fingerprint density at radius 1 is 0.529 bits per heavy atom. The van der Waals surface area contributed by atoms with Crippen LogP contribution in [-0.2, 0) is 47.5 Å². The third-order valence-corrected chi connectivity index (χ3v) is 7.66. The highest BCUT2D eigenvalue weighted by Crippen LogP contribution is 2.44. The first-order valence-electron chi connectivity index (χ1n) is 17.7. The molecule has 0 bridgehead atoms. The molecule has 14 heteroatoms. The molecular formula is C37H54N2O12. The van der Waals surface area contributed by atoms with Crippen LogP contribution in [0.1, 0.15) is 42.7 Å². The molecule has 0 atom stereocenters. The first-order valence-corrected chi connectivity index (χ1v) is 17.7. The lowest BCUT2D eigenvalue weighted by Crippen LogP contribution is -2.27. The van der Waals surface area contributed by atoms with E-state index in [0.29, 0.717) is 125 Å². The Balaban J connectivity index is 0.977. The molecule has 0 aromatic heterocycles. The van der Waals surface area contributed by atoms with Gasteiger partial charge in [0.1, 0.15) is 6.61 Å². The molecule has 0 saturated carbocycles. The Labute approximate surface area is 300 Å². The maximum absolute atomic E-state index is 12.2. The van der Waals surface area contributed by atoms with Gasteiger partial charge in [0.05, 0.1) is 85.7 Å². The molecule has 0 fully saturated rings. The second-order valence-electron chi connectivity index (χ2n) is 11.5. The monoisotopic (exact) mass is 718 g/mol. The van der Waals surface area contributed by atoms with Crippen molar-refractivity contribution in [1.82, 2.24) is 10.6 Å². The van der Waals surface area contributed by atoms with Crippen LogP contribution in [0.25, 0.3) is 11.1 Å². The third-order valence-electron chi connectivity index (χ3n) is 7.66. The number of carbonyl (C=O) groups is 3. The van der Waals surface area contributed by atoms with Crippen LogP contribution in [0.5, 0.6) is 0 Å². The first kappa shape index (κ1) is 41.8. The number of ether oxygens (including phenoxy) is 8. The van der Waals surface area contributed by atoms with Gasteiger partial charge in [0.25, 0.3) is 0 Å². The molecule has 0 unspecified atom stereocenters. The predicted molar refractivity (Wildman–Crippen MR) is 188 cm³/mol. The summed E-state index contributed by atoms with van der Waals surface area (Å²) >= 11 is 0. The van der Waals surface area contributed by atoms with Gasteiger partial charge in [-0.25, -0.2) is 4.79 Å². The van der Waals surface area contributed by atoms with Gasteiger partial charge in [-0.1, -0.05) is 48.5 Å². The minimum Gasteiger partial charge on any atom is -0.481 e. The number of aliphatic carboxylic acids is 1. The summed E-state index contributed by atoms with van der Waals surface area (Å²) in [5.74, 6) is -1.21. The topological polar surface area (TPSA) is 169 Å². The van der Waals surface area contributed by atoms with Crippen molar-refractivity contribution < 1.29 is 57.4 Å². The summed E-state index contributed by atoms with van der Waals surface area (Å²) in [4.78, 5) is 34.0. The number of fused-ring (bicyclic) bond motifs is 3. The molecule has 1 aliphatic rings. The SMILES string of the molecule is O=C(O)CCC(=O)NCCCOCCOCCOCCOCCOCCOCCOCCCNC(=O)OCC1c2ccccc2-c2ccccc21. The van der Waals surface area contributed by atoms with E-state index in [9.17, 15) is 14.4 Å². The standard InChI is InChI=1S/C37H54N2O12/c40-35(11-12-36(41)42)38-13-5-15-44-17-19-46-21-23-48-25-27-50-28-26-49-24-22-47-20-18-45-16-6-14-39-37(43)51-29-34-32-9-3-1-7-30(32)31-8-2-4-10-33(31)34/h1-4,7-10,34H,5-6,11-29H2,(H,38,40)(H,39,43)(H,41,42). The van der Waals surface area contributed by atoms with E-state index in [1.165, 1.54) is 22.3 Å². The van der Waals surface area contributed by atoms with Gasteiger partial charge in [0.2, 0.25) is 5.91 Å². The largest absolute Gasteiger partial charge is 0.481 e. The van der Waals surface area contributed by atoms with E-state index in [0.717, 1.165) is 0 Å². The van der Waals surface area contributed by atoms with Gasteiger partial charge in [0.15, 0.2) is 0 Å². The van der Waals surface area contributed by atoms with Gasteiger partial charge < -0.3 is 53.6 Å². The van der Waals surface area contributed by atoms with Gasteiger partial charge in [-0.2, -0.15) is 0 Å². The van der Waals surface area contributed by atoms with E-state index in [1.807, 2.05) is 24.3 Å². The van der Waals surface area contributed by atoms with Crippen molar-refractivity contribution in [3.63, 3.8) is 0 Å². The summed E-state index contributed by atoms with van der Waals surface area (Å²) in [5.41, 5.74) is 4.78. The Bertz CT molecular complexity index is 1220. The van der Waals surface area contributed by atoms with E-state index in [4.69, 9.17) is 43.0 Å². The molecule has 3 N–H and O–H groups in total. The maximum atomic E-state index is 12.2. The van der Waals surface area contributed by atoms with Gasteiger partial charge >= 0.3 is 12.1 Å². The van der Waals surface area contributed by atoms with Gasteiger partial charge in [0, 0.05) is 38.6 Å². The average Bonchev–Trinajstić information content (AvgIpc) is 3.46. The molecule has 51 heavy (non-hydrogen) atoms. The van der Waals surface area contributed by atoms with E-state index >= 15 is 0 Å². The van der Waals surface area contributed by atoms with Crippen LogP contribution < -0.4 is 10.6 Å². The number of hydrogen-bond acceptors (Lipinski definition) is 11. The van der Waals surface area contributed by atoms with E-state index in [-0.39, 0.29) is 24.7 Å². The Morgan fingerprint density at radius 3 is 1.35 bits per heavy atom. The van der Waals surface area contributed by atoms with E-state index in [2.05, 4.69) is 34.9 Å². The third kappa shape index (κ3) is 18.4. The fourth-order valence-electron chi connectivity index (χ4n) is 5.15. The number of carboxylic acid groups (broad SMARTS) is 1. The van der Waals surface area contributed by atoms with Crippen molar-refractivity contribution in [1.29, 1.82) is 0 Å². The molecular weight excluding hydrogens is 664 g/mol. The smallest absolute Gasteiger partial charge is 0.407 e. The summed E-state index contributed by atoms with van der Waals surface area (Å²) < 4.78 is 43.9. The van der Waals surface area contributed by atoms with Crippen molar-refractivity contribution in [3.05, 3.63) is 59.7 Å². The number of amides is 2. The van der Waals surface area contributed by atoms with Crippen LogP contribution >= 0.6 is 0 Å². The molecule has 0 radical (unpaired) electrons. The zero-order valence-electron chi connectivity index (χ0n) is 29.5. The molecule has 1 aliphatic carbocycles. The number of rotatable bonds is 31. The summed E-state index contributed by atoms with van der Waals surface area (Å²) in [6, 6.07) is 16.5. The minimum atomic E-state index is -0.985. The number of alkyl carbamates (subject to hydrolysis) is 1. The zero-order chi connectivity index (χ0) is 36.2. The Kier molecular flexibility index (Phi) is 22.2. The quantitative estimate of drug-likeness (QED) is 0.0974. The van der Waals surface area contributed by atoms with Crippen molar-refractivity contribution >= 4 is 18.0 Å². The molecule has 2 aromatic carbocycles. The molecule has 0 aliphatic heterocycles. The zero-order valence-corrected chi connectivity index (χ0v) is 29.5. The van der Waals surface area contributed by atoms with Crippen molar-refractivity contribution in [2.75, 3.05) is 112 Å². The highest BCUT2D eigenvalue weighted by molar-refractivity contribution is 5.80.